The van der Waals surface area contributed by atoms with Crippen LogP contribution in [-0.4, -0.2) is 39.2 Å². The molecule has 2 atom stereocenters. The van der Waals surface area contributed by atoms with E-state index < -0.39 is 16.6 Å². The van der Waals surface area contributed by atoms with Crippen LogP contribution in [0.5, 0.6) is 0 Å². The first kappa shape index (κ1) is 23.3. The lowest BCUT2D eigenvalue weighted by Crippen LogP contribution is -2.50. The van der Waals surface area contributed by atoms with Crippen molar-refractivity contribution in [3.8, 4) is 0 Å². The molecule has 0 aliphatic heterocycles. The summed E-state index contributed by atoms with van der Waals surface area (Å²) in [4.78, 5) is 10.9. The first-order valence-corrected chi connectivity index (χ1v) is 16.6. The summed E-state index contributed by atoms with van der Waals surface area (Å²) in [6, 6.07) is 0. The van der Waals surface area contributed by atoms with Gasteiger partial charge in [-0.15, -0.1) is 0 Å². The van der Waals surface area contributed by atoms with Gasteiger partial charge in [0, 0.05) is 0 Å². The Morgan fingerprint density at radius 1 is 1.07 bits per heavy atom. The third-order valence-electron chi connectivity index (χ3n) is 8.27. The van der Waals surface area contributed by atoms with Crippen LogP contribution in [0.2, 0.25) is 36.3 Å². The van der Waals surface area contributed by atoms with E-state index >= 15 is 0 Å². The van der Waals surface area contributed by atoms with Crippen molar-refractivity contribution in [2.45, 2.75) is 109 Å². The van der Waals surface area contributed by atoms with Crippen molar-refractivity contribution < 1.29 is 14.3 Å². The van der Waals surface area contributed by atoms with E-state index in [-0.39, 0.29) is 22.8 Å². The lowest BCUT2D eigenvalue weighted by molar-refractivity contribution is 0.0355. The van der Waals surface area contributed by atoms with Crippen LogP contribution in [0.15, 0.2) is 11.6 Å². The highest BCUT2D eigenvalue weighted by Gasteiger charge is 2.60. The third-order valence-corrected chi connectivity index (χ3v) is 16.3. The van der Waals surface area contributed by atoms with Crippen molar-refractivity contribution in [2.24, 2.45) is 11.3 Å². The first-order valence-electron chi connectivity index (χ1n) is 10.7. The van der Waals surface area contributed by atoms with Crippen LogP contribution < -0.4 is 0 Å². The van der Waals surface area contributed by atoms with E-state index in [9.17, 15) is 9.90 Å². The molecule has 0 radical (unpaired) electrons. The second-order valence-electron chi connectivity index (χ2n) is 11.9. The molecular formula is C22H44O3Si2. The van der Waals surface area contributed by atoms with Gasteiger partial charge in [-0.3, -0.25) is 0 Å². The molecule has 5 heteroatoms. The van der Waals surface area contributed by atoms with Crippen molar-refractivity contribution in [3.05, 3.63) is 11.6 Å². The zero-order valence-electron chi connectivity index (χ0n) is 19.3. The normalized spacial score (nSPS) is 28.0. The van der Waals surface area contributed by atoms with Crippen molar-refractivity contribution >= 4 is 16.6 Å². The molecule has 0 unspecified atom stereocenters. The maximum atomic E-state index is 10.9. The Kier molecular flexibility index (Phi) is 6.38. The van der Waals surface area contributed by atoms with Gasteiger partial charge in [0.15, 0.2) is 16.6 Å². The molecule has 0 saturated heterocycles. The van der Waals surface area contributed by atoms with Crippen LogP contribution in [0.3, 0.4) is 0 Å². The van der Waals surface area contributed by atoms with Gasteiger partial charge < -0.3 is 14.3 Å². The molecule has 27 heavy (non-hydrogen) atoms. The zero-order chi connectivity index (χ0) is 20.9. The minimum Gasteiger partial charge on any atom is -0.432 e. The van der Waals surface area contributed by atoms with E-state index in [1.165, 1.54) is 18.4 Å². The van der Waals surface area contributed by atoms with Gasteiger partial charge in [-0.05, 0) is 79.7 Å². The molecule has 0 aromatic heterocycles. The molecule has 0 aromatic carbocycles. The van der Waals surface area contributed by atoms with Crippen LogP contribution in [0, 0.1) is 11.3 Å². The van der Waals surface area contributed by atoms with E-state index in [4.69, 9.17) is 4.43 Å². The summed E-state index contributed by atoms with van der Waals surface area (Å²) < 4.78 is 6.99. The summed E-state index contributed by atoms with van der Waals surface area (Å²) in [5.41, 5.74) is 1.65. The maximum Gasteiger partial charge on any atom is 0.192 e. The lowest BCUT2D eigenvalue weighted by atomic mass is 9.69. The molecule has 2 fully saturated rings. The Morgan fingerprint density at radius 2 is 1.63 bits per heavy atom. The van der Waals surface area contributed by atoms with Gasteiger partial charge in [0.25, 0.3) is 0 Å². The SMILES string of the molecule is CC(C)(C[C@@H]1C/C(=C\CO)C[C@@H](O[Si](C)(C)C(C)(C)C)C12CC2)[Si](C)(C)O. The van der Waals surface area contributed by atoms with Crippen LogP contribution in [0.1, 0.15) is 66.7 Å². The summed E-state index contributed by atoms with van der Waals surface area (Å²) in [5, 5.41) is 9.71. The van der Waals surface area contributed by atoms with Crippen LogP contribution in [0.4, 0.5) is 0 Å². The summed E-state index contributed by atoms with van der Waals surface area (Å²) in [6.07, 6.45) is 7.89. The highest BCUT2D eigenvalue weighted by Crippen LogP contribution is 2.65. The summed E-state index contributed by atoms with van der Waals surface area (Å²) >= 11 is 0. The predicted molar refractivity (Wildman–Crippen MR) is 120 cm³/mol. The molecular weight excluding hydrogens is 368 g/mol. The number of hydrogen-bond donors (Lipinski definition) is 2. The second kappa shape index (κ2) is 7.39. The Bertz CT molecular complexity index is 521. The highest BCUT2D eigenvalue weighted by molar-refractivity contribution is 6.74. The number of rotatable bonds is 6. The minimum absolute atomic E-state index is 0.0174. The predicted octanol–water partition coefficient (Wildman–Crippen LogP) is 5.85. The molecule has 2 rings (SSSR count). The highest BCUT2D eigenvalue weighted by atomic mass is 28.4. The Hall–Kier alpha value is 0.0538. The molecule has 0 bridgehead atoms. The summed E-state index contributed by atoms with van der Waals surface area (Å²) in [5.74, 6) is 0.549. The Balaban J connectivity index is 2.32. The average molecular weight is 413 g/mol. The third kappa shape index (κ3) is 4.80. The van der Waals surface area contributed by atoms with Gasteiger partial charge in [-0.2, -0.15) is 0 Å². The van der Waals surface area contributed by atoms with Gasteiger partial charge in [0.05, 0.1) is 12.7 Å². The van der Waals surface area contributed by atoms with Gasteiger partial charge in [-0.25, -0.2) is 0 Å². The maximum absolute atomic E-state index is 10.9. The van der Waals surface area contributed by atoms with Gasteiger partial charge in [0.2, 0.25) is 0 Å². The zero-order valence-corrected chi connectivity index (χ0v) is 21.3. The van der Waals surface area contributed by atoms with E-state index in [1.807, 2.05) is 6.08 Å². The van der Waals surface area contributed by atoms with Crippen molar-refractivity contribution in [3.63, 3.8) is 0 Å². The number of aliphatic hydroxyl groups excluding tert-OH is 1. The molecule has 2 aliphatic carbocycles. The van der Waals surface area contributed by atoms with Crippen molar-refractivity contribution in [2.75, 3.05) is 6.61 Å². The molecule has 0 aromatic rings. The largest absolute Gasteiger partial charge is 0.432 e. The van der Waals surface area contributed by atoms with Crippen LogP contribution >= 0.6 is 0 Å². The molecule has 2 aliphatic rings. The minimum atomic E-state index is -2.24. The first-order chi connectivity index (χ1) is 12.1. The van der Waals surface area contributed by atoms with E-state index in [0.717, 1.165) is 19.3 Å². The molecule has 0 heterocycles. The molecule has 1 spiro atoms. The van der Waals surface area contributed by atoms with E-state index in [0.29, 0.717) is 11.3 Å². The van der Waals surface area contributed by atoms with Crippen LogP contribution in [0.25, 0.3) is 0 Å². The fourth-order valence-corrected chi connectivity index (χ4v) is 6.44. The summed E-state index contributed by atoms with van der Waals surface area (Å²) in [6.45, 7) is 20.4. The van der Waals surface area contributed by atoms with Gasteiger partial charge in [0.1, 0.15) is 0 Å². The molecule has 0 amide bonds. The van der Waals surface area contributed by atoms with Crippen molar-refractivity contribution in [1.82, 2.24) is 0 Å². The smallest absolute Gasteiger partial charge is 0.192 e. The van der Waals surface area contributed by atoms with E-state index in [2.05, 4.69) is 60.8 Å². The quantitative estimate of drug-likeness (QED) is 0.425. The van der Waals surface area contributed by atoms with Crippen LogP contribution in [-0.2, 0) is 4.43 Å². The Labute approximate surface area is 169 Å². The standard InChI is InChI=1S/C22H44O3Si2/c1-20(2,3)27(8,9)25-19-15-17(10-13-23)14-18(22(19)11-12-22)16-21(4,5)26(6,7)24/h10,18-19,23-24H,11-16H2,1-9H3/b17-10+/t18-,19+/m0/s1. The molecule has 2 N–H and O–H groups in total. The Morgan fingerprint density at radius 3 is 2.04 bits per heavy atom. The fourth-order valence-electron chi connectivity index (χ4n) is 4.31. The van der Waals surface area contributed by atoms with E-state index in [1.54, 1.807) is 0 Å². The second-order valence-corrected chi connectivity index (χ2v) is 21.1. The topological polar surface area (TPSA) is 49.7 Å². The number of aliphatic hydroxyl groups is 1. The monoisotopic (exact) mass is 412 g/mol. The fraction of sp³-hybridized carbons (Fsp3) is 0.909. The molecule has 158 valence electrons. The molecule has 3 nitrogen and oxygen atoms in total. The van der Waals surface area contributed by atoms with Gasteiger partial charge in [-0.1, -0.05) is 46.3 Å². The lowest BCUT2D eigenvalue weighted by Gasteiger charge is -2.49. The van der Waals surface area contributed by atoms with Gasteiger partial charge >= 0.3 is 0 Å². The summed E-state index contributed by atoms with van der Waals surface area (Å²) in [7, 11) is -4.09. The van der Waals surface area contributed by atoms with Crippen molar-refractivity contribution in [1.29, 1.82) is 0 Å². The molecule has 2 saturated carbocycles. The number of hydrogen-bond acceptors (Lipinski definition) is 3. The average Bonchev–Trinajstić information content (AvgIpc) is 3.23.